The molecule has 0 bridgehead atoms. The lowest BCUT2D eigenvalue weighted by molar-refractivity contribution is 0.104. The van der Waals surface area contributed by atoms with Crippen LogP contribution in [-0.4, -0.2) is 25.6 Å². The minimum Gasteiger partial charge on any atom is -0.356 e. The normalized spacial score (nSPS) is 29.9. The molecule has 104 valence electrons. The fourth-order valence-electron chi connectivity index (χ4n) is 3.16. The third-order valence-electron chi connectivity index (χ3n) is 4.54. The smallest absolute Gasteiger partial charge is 0.191 e. The summed E-state index contributed by atoms with van der Waals surface area (Å²) < 4.78 is 0. The van der Waals surface area contributed by atoms with Gasteiger partial charge in [-0.3, -0.25) is 4.99 Å². The Hall–Kier alpha value is -0.730. The van der Waals surface area contributed by atoms with Gasteiger partial charge in [-0.25, -0.2) is 0 Å². The first-order valence-corrected chi connectivity index (χ1v) is 7.52. The summed E-state index contributed by atoms with van der Waals surface area (Å²) in [6.45, 7) is 8.04. The number of aliphatic imine (C=N–C) groups is 1. The fraction of sp³-hybridized carbons (Fsp3) is 0.933. The molecular formula is C15H29N3. The highest BCUT2D eigenvalue weighted by molar-refractivity contribution is 5.80. The van der Waals surface area contributed by atoms with E-state index in [2.05, 4.69) is 36.4 Å². The molecule has 0 aromatic carbocycles. The van der Waals surface area contributed by atoms with Crippen LogP contribution >= 0.6 is 0 Å². The second-order valence-electron chi connectivity index (χ2n) is 6.84. The summed E-state index contributed by atoms with van der Waals surface area (Å²) in [5.41, 5.74) is 0.543. The highest BCUT2D eigenvalue weighted by atomic mass is 15.2. The Balaban J connectivity index is 1.77. The molecule has 0 amide bonds. The van der Waals surface area contributed by atoms with Crippen molar-refractivity contribution < 1.29 is 0 Å². The molecular weight excluding hydrogens is 222 g/mol. The van der Waals surface area contributed by atoms with Crippen LogP contribution in [0.1, 0.15) is 52.9 Å². The molecule has 3 heteroatoms. The van der Waals surface area contributed by atoms with Crippen molar-refractivity contribution in [2.45, 2.75) is 58.9 Å². The Morgan fingerprint density at radius 1 is 1.39 bits per heavy atom. The van der Waals surface area contributed by atoms with Crippen LogP contribution in [0, 0.1) is 17.3 Å². The van der Waals surface area contributed by atoms with E-state index < -0.39 is 0 Å². The lowest BCUT2D eigenvalue weighted by atomic mass is 9.64. The molecule has 18 heavy (non-hydrogen) atoms. The Kier molecular flexibility index (Phi) is 4.18. The Morgan fingerprint density at radius 2 is 2.06 bits per heavy atom. The van der Waals surface area contributed by atoms with Crippen LogP contribution in [0.15, 0.2) is 4.99 Å². The molecule has 2 fully saturated rings. The SMILES string of the molecule is CN=C(NCC1(CC(C)C)CCC1)NC1CC1C. The van der Waals surface area contributed by atoms with Crippen LogP contribution in [0.3, 0.4) is 0 Å². The van der Waals surface area contributed by atoms with Crippen LogP contribution in [0.2, 0.25) is 0 Å². The third-order valence-corrected chi connectivity index (χ3v) is 4.54. The highest BCUT2D eigenvalue weighted by Crippen LogP contribution is 2.45. The average molecular weight is 251 g/mol. The number of rotatable bonds is 5. The van der Waals surface area contributed by atoms with Gasteiger partial charge in [0.2, 0.25) is 0 Å². The second-order valence-corrected chi connectivity index (χ2v) is 6.84. The lowest BCUT2D eigenvalue weighted by Gasteiger charge is -2.43. The van der Waals surface area contributed by atoms with Crippen molar-refractivity contribution in [3.63, 3.8) is 0 Å². The van der Waals surface area contributed by atoms with E-state index in [1.54, 1.807) is 0 Å². The van der Waals surface area contributed by atoms with Crippen molar-refractivity contribution in [2.75, 3.05) is 13.6 Å². The standard InChI is InChI=1S/C15H29N3/c1-11(2)9-15(6-5-7-15)10-17-14(16-4)18-13-8-12(13)3/h11-13H,5-10H2,1-4H3,(H2,16,17,18). The van der Waals surface area contributed by atoms with Crippen molar-refractivity contribution in [1.29, 1.82) is 0 Å². The average Bonchev–Trinajstić information content (AvgIpc) is 2.95. The highest BCUT2D eigenvalue weighted by Gasteiger charge is 2.38. The predicted molar refractivity (Wildman–Crippen MR) is 77.8 cm³/mol. The van der Waals surface area contributed by atoms with E-state index in [0.717, 1.165) is 24.3 Å². The van der Waals surface area contributed by atoms with Crippen LogP contribution in [0.25, 0.3) is 0 Å². The molecule has 2 rings (SSSR count). The van der Waals surface area contributed by atoms with Gasteiger partial charge in [0.15, 0.2) is 5.96 Å². The van der Waals surface area contributed by atoms with E-state index >= 15 is 0 Å². The molecule has 2 unspecified atom stereocenters. The maximum absolute atomic E-state index is 4.34. The number of guanidine groups is 1. The van der Waals surface area contributed by atoms with E-state index in [4.69, 9.17) is 0 Å². The Labute approximate surface area is 112 Å². The van der Waals surface area contributed by atoms with Gasteiger partial charge in [-0.15, -0.1) is 0 Å². The van der Waals surface area contributed by atoms with Gasteiger partial charge in [0, 0.05) is 19.6 Å². The predicted octanol–water partition coefficient (Wildman–Crippen LogP) is 2.78. The van der Waals surface area contributed by atoms with E-state index in [1.807, 2.05) is 7.05 Å². The zero-order chi connectivity index (χ0) is 13.2. The zero-order valence-electron chi connectivity index (χ0n) is 12.4. The molecule has 0 saturated heterocycles. The number of hydrogen-bond donors (Lipinski definition) is 2. The molecule has 2 N–H and O–H groups in total. The maximum Gasteiger partial charge on any atom is 0.191 e. The van der Waals surface area contributed by atoms with Crippen molar-refractivity contribution in [3.8, 4) is 0 Å². The van der Waals surface area contributed by atoms with Crippen LogP contribution in [0.4, 0.5) is 0 Å². The molecule has 0 aliphatic heterocycles. The molecule has 2 aliphatic rings. The second kappa shape index (κ2) is 5.50. The minimum absolute atomic E-state index is 0.543. The quantitative estimate of drug-likeness (QED) is 0.582. The van der Waals surface area contributed by atoms with Gasteiger partial charge in [-0.2, -0.15) is 0 Å². The minimum atomic E-state index is 0.543. The van der Waals surface area contributed by atoms with Crippen LogP contribution in [-0.2, 0) is 0 Å². The molecule has 0 spiro atoms. The number of hydrogen-bond acceptors (Lipinski definition) is 1. The largest absolute Gasteiger partial charge is 0.356 e. The van der Waals surface area contributed by atoms with Crippen LogP contribution < -0.4 is 10.6 Å². The first-order chi connectivity index (χ1) is 8.54. The Bertz CT molecular complexity index is 305. The lowest BCUT2D eigenvalue weighted by Crippen LogP contribution is -2.47. The number of nitrogens with one attached hydrogen (secondary N) is 2. The number of nitrogens with zero attached hydrogens (tertiary/aromatic N) is 1. The molecule has 2 atom stereocenters. The van der Waals surface area contributed by atoms with E-state index in [1.165, 1.54) is 32.1 Å². The van der Waals surface area contributed by atoms with Gasteiger partial charge < -0.3 is 10.6 Å². The van der Waals surface area contributed by atoms with Gasteiger partial charge in [0.1, 0.15) is 0 Å². The summed E-state index contributed by atoms with van der Waals surface area (Å²) in [5.74, 6) is 2.61. The molecule has 2 aliphatic carbocycles. The topological polar surface area (TPSA) is 36.4 Å². The summed E-state index contributed by atoms with van der Waals surface area (Å²) in [5, 5.41) is 7.05. The summed E-state index contributed by atoms with van der Waals surface area (Å²) in [6.07, 6.45) is 6.80. The van der Waals surface area contributed by atoms with Gasteiger partial charge >= 0.3 is 0 Å². The summed E-state index contributed by atoms with van der Waals surface area (Å²) in [7, 11) is 1.87. The maximum atomic E-state index is 4.34. The van der Waals surface area contributed by atoms with Crippen molar-refractivity contribution >= 4 is 5.96 Å². The van der Waals surface area contributed by atoms with Crippen molar-refractivity contribution in [2.24, 2.45) is 22.2 Å². The van der Waals surface area contributed by atoms with E-state index in [9.17, 15) is 0 Å². The molecule has 0 aromatic heterocycles. The van der Waals surface area contributed by atoms with Crippen molar-refractivity contribution in [3.05, 3.63) is 0 Å². The van der Waals surface area contributed by atoms with Crippen molar-refractivity contribution in [1.82, 2.24) is 10.6 Å². The summed E-state index contributed by atoms with van der Waals surface area (Å²) in [6, 6.07) is 0.652. The molecule has 0 heterocycles. The molecule has 0 aromatic rings. The molecule has 2 saturated carbocycles. The molecule has 3 nitrogen and oxygen atoms in total. The zero-order valence-corrected chi connectivity index (χ0v) is 12.4. The van der Waals surface area contributed by atoms with Gasteiger partial charge in [0.05, 0.1) is 0 Å². The first-order valence-electron chi connectivity index (χ1n) is 7.52. The van der Waals surface area contributed by atoms with E-state index in [-0.39, 0.29) is 0 Å². The summed E-state index contributed by atoms with van der Waals surface area (Å²) >= 11 is 0. The fourth-order valence-corrected chi connectivity index (χ4v) is 3.16. The van der Waals surface area contributed by atoms with Gasteiger partial charge in [0.25, 0.3) is 0 Å². The first kappa shape index (κ1) is 13.7. The van der Waals surface area contributed by atoms with Gasteiger partial charge in [-0.05, 0) is 42.9 Å². The van der Waals surface area contributed by atoms with Crippen LogP contribution in [0.5, 0.6) is 0 Å². The summed E-state index contributed by atoms with van der Waals surface area (Å²) in [4.78, 5) is 4.34. The monoisotopic (exact) mass is 251 g/mol. The third kappa shape index (κ3) is 3.39. The van der Waals surface area contributed by atoms with E-state index in [0.29, 0.717) is 11.5 Å². The Morgan fingerprint density at radius 3 is 2.44 bits per heavy atom. The van der Waals surface area contributed by atoms with Gasteiger partial charge in [-0.1, -0.05) is 27.2 Å². The molecule has 0 radical (unpaired) electrons.